The van der Waals surface area contributed by atoms with Crippen molar-refractivity contribution in [1.29, 1.82) is 0 Å². The highest BCUT2D eigenvalue weighted by atomic mass is 16.5. The van der Waals surface area contributed by atoms with Crippen molar-refractivity contribution in [3.8, 4) is 0 Å². The van der Waals surface area contributed by atoms with Crippen molar-refractivity contribution in [2.24, 2.45) is 11.5 Å². The molecule has 0 bridgehead atoms. The molecule has 0 aromatic carbocycles. The van der Waals surface area contributed by atoms with Crippen LogP contribution in [-0.2, 0) is 4.74 Å². The Morgan fingerprint density at radius 2 is 1.23 bits per heavy atom. The van der Waals surface area contributed by atoms with Gasteiger partial charge in [0.05, 0.1) is 12.2 Å². The minimum atomic E-state index is -1.24. The van der Waals surface area contributed by atoms with E-state index in [4.69, 9.17) is 16.2 Å². The first-order chi connectivity index (χ1) is 6.11. The topological polar surface area (TPSA) is 122 Å². The van der Waals surface area contributed by atoms with E-state index in [2.05, 4.69) is 0 Å². The summed E-state index contributed by atoms with van der Waals surface area (Å²) in [4.78, 5) is 0. The van der Waals surface area contributed by atoms with Crippen molar-refractivity contribution in [3.63, 3.8) is 0 Å². The Bertz CT molecular complexity index is 149. The van der Waals surface area contributed by atoms with Gasteiger partial charge in [-0.25, -0.2) is 0 Å². The van der Waals surface area contributed by atoms with Gasteiger partial charge in [-0.2, -0.15) is 0 Å². The lowest BCUT2D eigenvalue weighted by atomic mass is 9.95. The van der Waals surface area contributed by atoms with Crippen LogP contribution in [0.4, 0.5) is 0 Å². The van der Waals surface area contributed by atoms with Crippen LogP contribution in [0, 0.1) is 0 Å². The third-order valence-electron chi connectivity index (χ3n) is 2.28. The van der Waals surface area contributed by atoms with Crippen LogP contribution in [0.5, 0.6) is 0 Å². The van der Waals surface area contributed by atoms with Crippen LogP contribution in [0.15, 0.2) is 0 Å². The molecule has 13 heavy (non-hydrogen) atoms. The number of hydrogen-bond donors (Lipinski definition) is 5. The fourth-order valence-electron chi connectivity index (χ4n) is 1.42. The highest BCUT2D eigenvalue weighted by molar-refractivity contribution is 4.92. The molecule has 7 N–H and O–H groups in total. The Morgan fingerprint density at radius 3 is 1.54 bits per heavy atom. The lowest BCUT2D eigenvalue weighted by molar-refractivity contribution is -0.215. The normalized spacial score (nSPS) is 46.4. The molecule has 1 heterocycles. The highest BCUT2D eigenvalue weighted by Crippen LogP contribution is 2.19. The first-order valence-electron chi connectivity index (χ1n) is 4.21. The van der Waals surface area contributed by atoms with Crippen LogP contribution in [0.25, 0.3) is 0 Å². The molecule has 4 unspecified atom stereocenters. The zero-order chi connectivity index (χ0) is 10.0. The Morgan fingerprint density at radius 1 is 0.846 bits per heavy atom. The van der Waals surface area contributed by atoms with Crippen molar-refractivity contribution in [1.82, 2.24) is 0 Å². The molecule has 0 spiro atoms. The van der Waals surface area contributed by atoms with Crippen molar-refractivity contribution in [2.45, 2.75) is 30.5 Å². The third kappa shape index (κ3) is 1.98. The van der Waals surface area contributed by atoms with E-state index in [9.17, 15) is 15.3 Å². The second kappa shape index (κ2) is 4.32. The molecule has 0 amide bonds. The molecule has 78 valence electrons. The quantitative estimate of drug-likeness (QED) is 0.313. The molecule has 6 nitrogen and oxygen atoms in total. The summed E-state index contributed by atoms with van der Waals surface area (Å²) >= 11 is 0. The second-order valence-electron chi connectivity index (χ2n) is 3.16. The largest absolute Gasteiger partial charge is 0.388 e. The van der Waals surface area contributed by atoms with E-state index < -0.39 is 30.5 Å². The van der Waals surface area contributed by atoms with Gasteiger partial charge in [-0.05, 0) is 0 Å². The molecule has 4 atom stereocenters. The van der Waals surface area contributed by atoms with Crippen molar-refractivity contribution >= 4 is 0 Å². The third-order valence-corrected chi connectivity index (χ3v) is 2.28. The maximum Gasteiger partial charge on any atom is 0.111 e. The smallest absolute Gasteiger partial charge is 0.111 e. The molecule has 1 fully saturated rings. The number of ether oxygens (including phenoxy) is 1. The first-order valence-corrected chi connectivity index (χ1v) is 4.21. The van der Waals surface area contributed by atoms with Crippen LogP contribution in [0.2, 0.25) is 0 Å². The van der Waals surface area contributed by atoms with Gasteiger partial charge in [0.1, 0.15) is 18.3 Å². The minimum Gasteiger partial charge on any atom is -0.388 e. The second-order valence-corrected chi connectivity index (χ2v) is 3.16. The summed E-state index contributed by atoms with van der Waals surface area (Å²) in [7, 11) is 0. The summed E-state index contributed by atoms with van der Waals surface area (Å²) in [5, 5.41) is 28.1. The van der Waals surface area contributed by atoms with Crippen LogP contribution in [0.3, 0.4) is 0 Å². The van der Waals surface area contributed by atoms with Gasteiger partial charge in [-0.15, -0.1) is 0 Å². The summed E-state index contributed by atoms with van der Waals surface area (Å²) in [6.45, 7) is 0.170. The number of hydrogen-bond acceptors (Lipinski definition) is 6. The molecule has 1 aliphatic rings. The summed E-state index contributed by atoms with van der Waals surface area (Å²) in [6, 6.07) is 0. The van der Waals surface area contributed by atoms with Crippen LogP contribution in [0.1, 0.15) is 0 Å². The summed E-state index contributed by atoms with van der Waals surface area (Å²) in [5.74, 6) is 0. The lowest BCUT2D eigenvalue weighted by Gasteiger charge is -2.39. The predicted octanol–water partition coefficient (Wildman–Crippen LogP) is -3.25. The maximum absolute atomic E-state index is 9.37. The fourth-order valence-corrected chi connectivity index (χ4v) is 1.42. The van der Waals surface area contributed by atoms with E-state index in [0.717, 1.165) is 0 Å². The number of aliphatic hydroxyl groups excluding tert-OH is 3. The Balaban J connectivity index is 2.66. The minimum absolute atomic E-state index is 0.0848. The number of nitrogens with two attached hydrogens (primary N) is 2. The van der Waals surface area contributed by atoms with E-state index >= 15 is 0 Å². The van der Waals surface area contributed by atoms with E-state index in [0.29, 0.717) is 0 Å². The Labute approximate surface area is 76.1 Å². The first kappa shape index (κ1) is 10.8. The molecular weight excluding hydrogens is 176 g/mol. The molecule has 0 saturated carbocycles. The fraction of sp³-hybridized carbons (Fsp3) is 1.00. The molecule has 1 saturated heterocycles. The van der Waals surface area contributed by atoms with Gasteiger partial charge in [0.2, 0.25) is 0 Å². The van der Waals surface area contributed by atoms with Gasteiger partial charge < -0.3 is 31.5 Å². The van der Waals surface area contributed by atoms with Gasteiger partial charge in [-0.1, -0.05) is 0 Å². The van der Waals surface area contributed by atoms with Crippen molar-refractivity contribution < 1.29 is 20.1 Å². The summed E-state index contributed by atoms with van der Waals surface area (Å²) in [5.41, 5.74) is 10.6. The summed E-state index contributed by atoms with van der Waals surface area (Å²) in [6.07, 6.45) is -4.86. The Hall–Kier alpha value is -0.240. The molecule has 1 aliphatic heterocycles. The maximum atomic E-state index is 9.37. The van der Waals surface area contributed by atoms with Crippen molar-refractivity contribution in [2.75, 3.05) is 13.1 Å². The van der Waals surface area contributed by atoms with Gasteiger partial charge in [0, 0.05) is 13.1 Å². The summed E-state index contributed by atoms with van der Waals surface area (Å²) < 4.78 is 5.17. The standard InChI is InChI=1S/C7H16N2O4/c8-1-3-5(10)7(12)6(11)4(2-9)13-3/h3-7,10-12H,1-2,8-9H2. The van der Waals surface area contributed by atoms with Gasteiger partial charge >= 0.3 is 0 Å². The Kier molecular flexibility index (Phi) is 3.60. The van der Waals surface area contributed by atoms with E-state index in [1.54, 1.807) is 0 Å². The molecule has 1 rings (SSSR count). The molecule has 6 heteroatoms. The van der Waals surface area contributed by atoms with Crippen molar-refractivity contribution in [3.05, 3.63) is 0 Å². The van der Waals surface area contributed by atoms with Crippen LogP contribution < -0.4 is 11.5 Å². The van der Waals surface area contributed by atoms with E-state index in [1.165, 1.54) is 0 Å². The zero-order valence-electron chi connectivity index (χ0n) is 7.21. The van der Waals surface area contributed by atoms with Gasteiger partial charge in [0.25, 0.3) is 0 Å². The predicted molar refractivity (Wildman–Crippen MR) is 44.8 cm³/mol. The van der Waals surface area contributed by atoms with Gasteiger partial charge in [-0.3, -0.25) is 0 Å². The van der Waals surface area contributed by atoms with Gasteiger partial charge in [0.15, 0.2) is 0 Å². The highest BCUT2D eigenvalue weighted by Gasteiger charge is 2.42. The van der Waals surface area contributed by atoms with Crippen LogP contribution in [-0.4, -0.2) is 58.9 Å². The molecule has 0 aromatic heterocycles. The van der Waals surface area contributed by atoms with E-state index in [-0.39, 0.29) is 13.1 Å². The van der Waals surface area contributed by atoms with E-state index in [1.807, 2.05) is 0 Å². The lowest BCUT2D eigenvalue weighted by Crippen LogP contribution is -2.60. The molecular formula is C7H16N2O4. The SMILES string of the molecule is NCC1OC(CN)C(O)C(O)C1O. The average molecular weight is 192 g/mol. The number of aliphatic hydroxyl groups is 3. The molecule has 0 aromatic rings. The van der Waals surface area contributed by atoms with Crippen LogP contribution >= 0.6 is 0 Å². The molecule has 0 aliphatic carbocycles. The average Bonchev–Trinajstić information content (AvgIpc) is 2.15. The number of rotatable bonds is 2. The molecule has 0 radical (unpaired) electrons. The monoisotopic (exact) mass is 192 g/mol. The zero-order valence-corrected chi connectivity index (χ0v) is 7.21.